The maximum Gasteiger partial charge on any atom is 0.0564 e. The van der Waals surface area contributed by atoms with Gasteiger partial charge in [0.1, 0.15) is 0 Å². The molecule has 0 aromatic heterocycles. The molecule has 0 heterocycles. The van der Waals surface area contributed by atoms with Gasteiger partial charge in [-0.05, 0) is 32.1 Å². The summed E-state index contributed by atoms with van der Waals surface area (Å²) in [5.74, 6) is 0.954. The fourth-order valence-electron chi connectivity index (χ4n) is 2.56. The van der Waals surface area contributed by atoms with Crippen LogP contribution >= 0.6 is 11.8 Å². The minimum Gasteiger partial charge on any atom is -0.395 e. The molecular weight excluding hydrogens is 218 g/mol. The van der Waals surface area contributed by atoms with Crippen LogP contribution < -0.4 is 5.32 Å². The molecule has 0 bridgehead atoms. The fourth-order valence-corrected chi connectivity index (χ4v) is 3.21. The van der Waals surface area contributed by atoms with Gasteiger partial charge in [-0.2, -0.15) is 11.8 Å². The summed E-state index contributed by atoms with van der Waals surface area (Å²) in [7, 11) is 0. The summed E-state index contributed by atoms with van der Waals surface area (Å²) in [6, 6.07) is 0.420. The van der Waals surface area contributed by atoms with Gasteiger partial charge in [0.2, 0.25) is 0 Å². The third-order valence-corrected chi connectivity index (χ3v) is 4.95. The van der Waals surface area contributed by atoms with Crippen LogP contribution in [0.15, 0.2) is 0 Å². The molecular formula is C13H27NOS. The summed E-state index contributed by atoms with van der Waals surface area (Å²) in [6.45, 7) is 3.57. The molecule has 0 amide bonds. The SMILES string of the molecule is CSC(CO)C(C)NCCC1CCCCC1. The van der Waals surface area contributed by atoms with E-state index >= 15 is 0 Å². The van der Waals surface area contributed by atoms with Gasteiger partial charge in [-0.3, -0.25) is 0 Å². The number of nitrogens with one attached hydrogen (secondary N) is 1. The summed E-state index contributed by atoms with van der Waals surface area (Å²) >= 11 is 1.75. The van der Waals surface area contributed by atoms with Gasteiger partial charge in [0.05, 0.1) is 6.61 Å². The topological polar surface area (TPSA) is 32.3 Å². The lowest BCUT2D eigenvalue weighted by Crippen LogP contribution is -2.38. The minimum atomic E-state index is 0.277. The molecule has 1 aliphatic rings. The molecule has 0 aromatic carbocycles. The second-order valence-electron chi connectivity index (χ2n) is 4.99. The van der Waals surface area contributed by atoms with Crippen molar-refractivity contribution in [2.24, 2.45) is 5.92 Å². The normalized spacial score (nSPS) is 21.9. The number of rotatable bonds is 7. The van der Waals surface area contributed by atoms with Crippen molar-refractivity contribution in [1.29, 1.82) is 0 Å². The molecule has 1 aliphatic carbocycles. The molecule has 2 atom stereocenters. The highest BCUT2D eigenvalue weighted by Crippen LogP contribution is 2.25. The van der Waals surface area contributed by atoms with E-state index in [0.29, 0.717) is 11.3 Å². The van der Waals surface area contributed by atoms with E-state index in [1.54, 1.807) is 11.8 Å². The van der Waals surface area contributed by atoms with Gasteiger partial charge >= 0.3 is 0 Å². The molecule has 3 heteroatoms. The molecule has 16 heavy (non-hydrogen) atoms. The highest BCUT2D eigenvalue weighted by molar-refractivity contribution is 7.99. The monoisotopic (exact) mass is 245 g/mol. The Morgan fingerprint density at radius 1 is 1.31 bits per heavy atom. The Hall–Kier alpha value is 0.270. The standard InChI is InChI=1S/C13H27NOS/c1-11(13(10-15)16-2)14-9-8-12-6-4-3-5-7-12/h11-15H,3-10H2,1-2H3. The van der Waals surface area contributed by atoms with Crippen LogP contribution in [0.25, 0.3) is 0 Å². The Morgan fingerprint density at radius 3 is 2.56 bits per heavy atom. The van der Waals surface area contributed by atoms with Crippen molar-refractivity contribution >= 4 is 11.8 Å². The molecule has 0 radical (unpaired) electrons. The van der Waals surface area contributed by atoms with Crippen molar-refractivity contribution < 1.29 is 5.11 Å². The largest absolute Gasteiger partial charge is 0.395 e. The highest BCUT2D eigenvalue weighted by atomic mass is 32.2. The Bertz CT molecular complexity index is 167. The molecule has 1 fully saturated rings. The summed E-state index contributed by atoms with van der Waals surface area (Å²) in [5.41, 5.74) is 0. The smallest absolute Gasteiger partial charge is 0.0564 e. The van der Waals surface area contributed by atoms with Gasteiger partial charge in [0.15, 0.2) is 0 Å². The fraction of sp³-hybridized carbons (Fsp3) is 1.00. The van der Waals surface area contributed by atoms with Gasteiger partial charge < -0.3 is 10.4 Å². The number of hydrogen-bond acceptors (Lipinski definition) is 3. The molecule has 0 aliphatic heterocycles. The first-order valence-corrected chi connectivity index (χ1v) is 7.93. The van der Waals surface area contributed by atoms with E-state index in [2.05, 4.69) is 18.5 Å². The summed E-state index contributed by atoms with van der Waals surface area (Å²) in [6.07, 6.45) is 10.6. The molecule has 0 saturated heterocycles. The first-order valence-electron chi connectivity index (χ1n) is 6.65. The average Bonchev–Trinajstić information content (AvgIpc) is 2.32. The zero-order chi connectivity index (χ0) is 11.8. The van der Waals surface area contributed by atoms with Crippen molar-refractivity contribution in [1.82, 2.24) is 5.32 Å². The van der Waals surface area contributed by atoms with Crippen LogP contribution in [0.2, 0.25) is 0 Å². The van der Waals surface area contributed by atoms with E-state index in [-0.39, 0.29) is 6.61 Å². The van der Waals surface area contributed by atoms with E-state index in [1.807, 2.05) is 0 Å². The van der Waals surface area contributed by atoms with Gasteiger partial charge in [-0.15, -0.1) is 0 Å². The Labute approximate surface area is 105 Å². The van der Waals surface area contributed by atoms with Crippen LogP contribution in [0, 0.1) is 5.92 Å². The zero-order valence-electron chi connectivity index (χ0n) is 10.7. The summed E-state index contributed by atoms with van der Waals surface area (Å²) in [4.78, 5) is 0. The first kappa shape index (κ1) is 14.3. The molecule has 1 rings (SSSR count). The van der Waals surface area contributed by atoms with E-state index in [9.17, 15) is 5.11 Å². The minimum absolute atomic E-state index is 0.277. The maximum absolute atomic E-state index is 9.18. The summed E-state index contributed by atoms with van der Waals surface area (Å²) in [5, 5.41) is 13.1. The molecule has 2 nitrogen and oxygen atoms in total. The van der Waals surface area contributed by atoms with Crippen LogP contribution in [0.1, 0.15) is 45.4 Å². The third-order valence-electron chi connectivity index (χ3n) is 3.78. The third kappa shape index (κ3) is 5.07. The molecule has 2 N–H and O–H groups in total. The predicted molar refractivity (Wildman–Crippen MR) is 73.0 cm³/mol. The van der Waals surface area contributed by atoms with Crippen molar-refractivity contribution in [2.45, 2.75) is 56.7 Å². The molecule has 96 valence electrons. The van der Waals surface area contributed by atoms with Gasteiger partial charge in [0.25, 0.3) is 0 Å². The Balaban J connectivity index is 2.09. The number of hydrogen-bond donors (Lipinski definition) is 2. The van der Waals surface area contributed by atoms with Crippen molar-refractivity contribution in [2.75, 3.05) is 19.4 Å². The maximum atomic E-state index is 9.18. The molecule has 1 saturated carbocycles. The lowest BCUT2D eigenvalue weighted by Gasteiger charge is -2.25. The summed E-state index contributed by atoms with van der Waals surface area (Å²) < 4.78 is 0. The van der Waals surface area contributed by atoms with Crippen LogP contribution in [0.3, 0.4) is 0 Å². The molecule has 0 spiro atoms. The average molecular weight is 245 g/mol. The molecule has 2 unspecified atom stereocenters. The van der Waals surface area contributed by atoms with E-state index in [1.165, 1.54) is 38.5 Å². The molecule has 0 aromatic rings. The van der Waals surface area contributed by atoms with E-state index in [0.717, 1.165) is 12.5 Å². The predicted octanol–water partition coefficient (Wildman–Crippen LogP) is 2.66. The van der Waals surface area contributed by atoms with Gasteiger partial charge in [0, 0.05) is 11.3 Å². The lowest BCUT2D eigenvalue weighted by molar-refractivity contribution is 0.271. The quantitative estimate of drug-likeness (QED) is 0.723. The van der Waals surface area contributed by atoms with E-state index < -0.39 is 0 Å². The van der Waals surface area contributed by atoms with Gasteiger partial charge in [-0.1, -0.05) is 32.1 Å². The van der Waals surface area contributed by atoms with Crippen molar-refractivity contribution in [3.8, 4) is 0 Å². The van der Waals surface area contributed by atoms with Crippen LogP contribution in [0.4, 0.5) is 0 Å². The Kier molecular flexibility index (Phi) is 7.50. The number of aliphatic hydroxyl groups excluding tert-OH is 1. The van der Waals surface area contributed by atoms with E-state index in [4.69, 9.17) is 0 Å². The van der Waals surface area contributed by atoms with Crippen LogP contribution in [-0.2, 0) is 0 Å². The van der Waals surface area contributed by atoms with Crippen molar-refractivity contribution in [3.63, 3.8) is 0 Å². The second-order valence-corrected chi connectivity index (χ2v) is 6.07. The Morgan fingerprint density at radius 2 is 2.00 bits per heavy atom. The van der Waals surface area contributed by atoms with Gasteiger partial charge in [-0.25, -0.2) is 0 Å². The second kappa shape index (κ2) is 8.37. The highest BCUT2D eigenvalue weighted by Gasteiger charge is 2.16. The first-order chi connectivity index (χ1) is 7.77. The van der Waals surface area contributed by atoms with Crippen molar-refractivity contribution in [3.05, 3.63) is 0 Å². The van der Waals surface area contributed by atoms with Crippen LogP contribution in [0.5, 0.6) is 0 Å². The number of thioether (sulfide) groups is 1. The zero-order valence-corrected chi connectivity index (χ0v) is 11.6. The van der Waals surface area contributed by atoms with Crippen LogP contribution in [-0.4, -0.2) is 35.8 Å². The number of aliphatic hydroxyl groups is 1. The lowest BCUT2D eigenvalue weighted by atomic mass is 9.87.